The Morgan fingerprint density at radius 3 is 2.37 bits per heavy atom. The number of hydrogen-bond donors (Lipinski definition) is 2. The van der Waals surface area contributed by atoms with Crippen LogP contribution in [0, 0.1) is 20.8 Å². The van der Waals surface area contributed by atoms with Crippen LogP contribution in [0.1, 0.15) is 16.7 Å². The van der Waals surface area contributed by atoms with Crippen molar-refractivity contribution in [3.8, 4) is 0 Å². The first-order chi connectivity index (χ1) is 9.06. The van der Waals surface area contributed by atoms with Gasteiger partial charge in [-0.05, 0) is 44.0 Å². The molecule has 2 aromatic rings. The number of aryl methyl sites for hydroxylation is 3. The van der Waals surface area contributed by atoms with E-state index in [1.807, 2.05) is 32.9 Å². The molecule has 4 nitrogen and oxygen atoms in total. The average molecular weight is 255 g/mol. The first-order valence-corrected chi connectivity index (χ1v) is 6.12. The Labute approximate surface area is 112 Å². The second-order valence-corrected chi connectivity index (χ2v) is 4.59. The highest BCUT2D eigenvalue weighted by Gasteiger charge is 2.08. The molecule has 0 saturated carbocycles. The van der Waals surface area contributed by atoms with Gasteiger partial charge in [0.25, 0.3) is 0 Å². The summed E-state index contributed by atoms with van der Waals surface area (Å²) in [5.41, 5.74) is 4.82. The summed E-state index contributed by atoms with van der Waals surface area (Å²) >= 11 is 0. The summed E-state index contributed by atoms with van der Waals surface area (Å²) in [6.45, 7) is 6.01. The summed E-state index contributed by atoms with van der Waals surface area (Å²) in [6.07, 6.45) is 3.27. The SMILES string of the molecule is Cc1cc(C)c(NC(=O)Nc2cccnc2)c(C)c1. The molecule has 0 unspecified atom stereocenters. The third-order valence-electron chi connectivity index (χ3n) is 2.83. The minimum Gasteiger partial charge on any atom is -0.307 e. The van der Waals surface area contributed by atoms with Gasteiger partial charge in [0.1, 0.15) is 0 Å². The van der Waals surface area contributed by atoms with Crippen LogP contribution < -0.4 is 10.6 Å². The van der Waals surface area contributed by atoms with Gasteiger partial charge < -0.3 is 10.6 Å². The number of hydrogen-bond acceptors (Lipinski definition) is 2. The maximum Gasteiger partial charge on any atom is 0.323 e. The number of urea groups is 1. The summed E-state index contributed by atoms with van der Waals surface area (Å²) < 4.78 is 0. The first kappa shape index (κ1) is 13.1. The quantitative estimate of drug-likeness (QED) is 0.860. The summed E-state index contributed by atoms with van der Waals surface area (Å²) in [5, 5.41) is 5.62. The molecule has 0 aliphatic rings. The van der Waals surface area contributed by atoms with Crippen molar-refractivity contribution in [1.29, 1.82) is 0 Å². The summed E-state index contributed by atoms with van der Waals surface area (Å²) in [7, 11) is 0. The minimum absolute atomic E-state index is 0.261. The van der Waals surface area contributed by atoms with E-state index in [1.165, 1.54) is 5.56 Å². The number of carbonyl (C=O) groups excluding carboxylic acids is 1. The highest BCUT2D eigenvalue weighted by Crippen LogP contribution is 2.22. The predicted molar refractivity (Wildman–Crippen MR) is 77.5 cm³/mol. The van der Waals surface area contributed by atoms with Gasteiger partial charge in [-0.3, -0.25) is 4.98 Å². The fourth-order valence-corrected chi connectivity index (χ4v) is 2.09. The third-order valence-corrected chi connectivity index (χ3v) is 2.83. The van der Waals surface area contributed by atoms with Crippen LogP contribution in [0.25, 0.3) is 0 Å². The Bertz CT molecular complexity index is 571. The fraction of sp³-hybridized carbons (Fsp3) is 0.200. The number of anilines is 2. The zero-order valence-corrected chi connectivity index (χ0v) is 11.3. The van der Waals surface area contributed by atoms with E-state index in [1.54, 1.807) is 24.5 Å². The van der Waals surface area contributed by atoms with Gasteiger partial charge in [0.15, 0.2) is 0 Å². The molecule has 19 heavy (non-hydrogen) atoms. The molecular formula is C15H17N3O. The first-order valence-electron chi connectivity index (χ1n) is 6.12. The third kappa shape index (κ3) is 3.31. The van der Waals surface area contributed by atoms with Crippen molar-refractivity contribution < 1.29 is 4.79 Å². The van der Waals surface area contributed by atoms with E-state index in [0.29, 0.717) is 5.69 Å². The van der Waals surface area contributed by atoms with Crippen molar-refractivity contribution in [3.05, 3.63) is 53.3 Å². The Hall–Kier alpha value is -2.36. The van der Waals surface area contributed by atoms with Crippen molar-refractivity contribution in [3.63, 3.8) is 0 Å². The van der Waals surface area contributed by atoms with Crippen LogP contribution in [0.15, 0.2) is 36.7 Å². The van der Waals surface area contributed by atoms with Crippen LogP contribution in [0.5, 0.6) is 0 Å². The molecule has 0 aliphatic carbocycles. The maximum absolute atomic E-state index is 11.9. The standard InChI is InChI=1S/C15H17N3O/c1-10-7-11(2)14(12(3)8-10)18-15(19)17-13-5-4-6-16-9-13/h4-9H,1-3H3,(H2,17,18,19). The molecule has 1 heterocycles. The van der Waals surface area contributed by atoms with E-state index in [0.717, 1.165) is 16.8 Å². The second-order valence-electron chi connectivity index (χ2n) is 4.59. The Balaban J connectivity index is 2.12. The average Bonchev–Trinajstić information content (AvgIpc) is 2.35. The highest BCUT2D eigenvalue weighted by atomic mass is 16.2. The van der Waals surface area contributed by atoms with Crippen molar-refractivity contribution in [2.24, 2.45) is 0 Å². The van der Waals surface area contributed by atoms with Crippen LogP contribution >= 0.6 is 0 Å². The zero-order chi connectivity index (χ0) is 13.8. The monoisotopic (exact) mass is 255 g/mol. The number of carbonyl (C=O) groups is 1. The molecule has 0 saturated heterocycles. The zero-order valence-electron chi connectivity index (χ0n) is 11.3. The molecule has 1 aromatic carbocycles. The summed E-state index contributed by atoms with van der Waals surface area (Å²) in [6, 6.07) is 7.40. The van der Waals surface area contributed by atoms with E-state index in [-0.39, 0.29) is 6.03 Å². The minimum atomic E-state index is -0.261. The summed E-state index contributed by atoms with van der Waals surface area (Å²) in [4.78, 5) is 15.9. The number of rotatable bonds is 2. The van der Waals surface area contributed by atoms with Gasteiger partial charge in [-0.15, -0.1) is 0 Å². The van der Waals surface area contributed by atoms with Crippen LogP contribution in [-0.2, 0) is 0 Å². The topological polar surface area (TPSA) is 54.0 Å². The maximum atomic E-state index is 11.9. The molecule has 0 aliphatic heterocycles. The number of pyridine rings is 1. The number of nitrogens with one attached hydrogen (secondary N) is 2. The van der Waals surface area contributed by atoms with Crippen molar-refractivity contribution >= 4 is 17.4 Å². The van der Waals surface area contributed by atoms with E-state index < -0.39 is 0 Å². The Kier molecular flexibility index (Phi) is 3.80. The van der Waals surface area contributed by atoms with E-state index >= 15 is 0 Å². The van der Waals surface area contributed by atoms with Crippen LogP contribution in [0.3, 0.4) is 0 Å². The molecule has 0 fully saturated rings. The lowest BCUT2D eigenvalue weighted by molar-refractivity contribution is 0.262. The van der Waals surface area contributed by atoms with Crippen molar-refractivity contribution in [2.75, 3.05) is 10.6 Å². The molecule has 0 atom stereocenters. The highest BCUT2D eigenvalue weighted by molar-refractivity contribution is 6.00. The van der Waals surface area contributed by atoms with Crippen molar-refractivity contribution in [1.82, 2.24) is 4.98 Å². The van der Waals surface area contributed by atoms with Gasteiger partial charge in [-0.1, -0.05) is 17.7 Å². The lowest BCUT2D eigenvalue weighted by atomic mass is 10.1. The van der Waals surface area contributed by atoms with Crippen LogP contribution in [-0.4, -0.2) is 11.0 Å². The molecule has 4 heteroatoms. The van der Waals surface area contributed by atoms with E-state index in [9.17, 15) is 4.79 Å². The van der Waals surface area contributed by atoms with Gasteiger partial charge in [-0.2, -0.15) is 0 Å². The number of benzene rings is 1. The Morgan fingerprint density at radius 1 is 1.11 bits per heavy atom. The smallest absolute Gasteiger partial charge is 0.307 e. The van der Waals surface area contributed by atoms with Gasteiger partial charge in [0, 0.05) is 11.9 Å². The molecule has 0 radical (unpaired) electrons. The van der Waals surface area contributed by atoms with Crippen LogP contribution in [0.4, 0.5) is 16.2 Å². The number of nitrogens with zero attached hydrogens (tertiary/aromatic N) is 1. The van der Waals surface area contributed by atoms with E-state index in [2.05, 4.69) is 15.6 Å². The number of aromatic nitrogens is 1. The fourth-order valence-electron chi connectivity index (χ4n) is 2.09. The normalized spacial score (nSPS) is 10.1. The number of amides is 2. The van der Waals surface area contributed by atoms with Gasteiger partial charge in [-0.25, -0.2) is 4.79 Å². The molecule has 2 amide bonds. The van der Waals surface area contributed by atoms with Crippen molar-refractivity contribution in [2.45, 2.75) is 20.8 Å². The lowest BCUT2D eigenvalue weighted by Crippen LogP contribution is -2.20. The molecule has 2 rings (SSSR count). The molecule has 2 N–H and O–H groups in total. The van der Waals surface area contributed by atoms with Gasteiger partial charge >= 0.3 is 6.03 Å². The summed E-state index contributed by atoms with van der Waals surface area (Å²) in [5.74, 6) is 0. The lowest BCUT2D eigenvalue weighted by Gasteiger charge is -2.13. The Morgan fingerprint density at radius 2 is 1.79 bits per heavy atom. The molecule has 98 valence electrons. The predicted octanol–water partition coefficient (Wildman–Crippen LogP) is 3.65. The van der Waals surface area contributed by atoms with Gasteiger partial charge in [0.2, 0.25) is 0 Å². The molecule has 0 bridgehead atoms. The largest absolute Gasteiger partial charge is 0.323 e. The molecular weight excluding hydrogens is 238 g/mol. The van der Waals surface area contributed by atoms with Crippen LogP contribution in [0.2, 0.25) is 0 Å². The van der Waals surface area contributed by atoms with Gasteiger partial charge in [0.05, 0.1) is 11.9 Å². The van der Waals surface area contributed by atoms with E-state index in [4.69, 9.17) is 0 Å². The molecule has 1 aromatic heterocycles. The second kappa shape index (κ2) is 5.52. The molecule has 0 spiro atoms.